The van der Waals surface area contributed by atoms with Crippen LogP contribution in [0, 0.1) is 12.8 Å². The summed E-state index contributed by atoms with van der Waals surface area (Å²) in [4.78, 5) is 40.7. The standard InChI is InChI=1S/C27H45N3O4/c1-9-10-17-28-25(32)24(22-15-12-20(4)13-16-22)30(21(5)14-11-19(2)3)23(31)18-29-26(33)34-27(6,7)8/h12-13,15-16,19,21,24H,9-11,14,17-18H2,1-8H3,(H,28,32)(H,29,33). The zero-order valence-corrected chi connectivity index (χ0v) is 22.4. The Bertz CT molecular complexity index is 784. The molecular weight excluding hydrogens is 430 g/mol. The fraction of sp³-hybridized carbons (Fsp3) is 0.667. The third-order valence-corrected chi connectivity index (χ3v) is 5.46. The number of nitrogens with one attached hydrogen (secondary N) is 2. The van der Waals surface area contributed by atoms with E-state index < -0.39 is 17.7 Å². The van der Waals surface area contributed by atoms with Gasteiger partial charge in [-0.2, -0.15) is 0 Å². The Labute approximate surface area is 206 Å². The van der Waals surface area contributed by atoms with Crippen LogP contribution in [-0.2, 0) is 14.3 Å². The molecule has 7 nitrogen and oxygen atoms in total. The van der Waals surface area contributed by atoms with E-state index in [1.807, 2.05) is 38.1 Å². The van der Waals surface area contributed by atoms with Gasteiger partial charge in [-0.05, 0) is 65.4 Å². The molecule has 1 rings (SSSR count). The second-order valence-corrected chi connectivity index (χ2v) is 10.4. The maximum absolute atomic E-state index is 13.5. The number of ether oxygens (including phenoxy) is 1. The lowest BCUT2D eigenvalue weighted by Crippen LogP contribution is -2.51. The zero-order chi connectivity index (χ0) is 25.9. The largest absolute Gasteiger partial charge is 0.444 e. The van der Waals surface area contributed by atoms with E-state index >= 15 is 0 Å². The van der Waals surface area contributed by atoms with Crippen LogP contribution < -0.4 is 10.6 Å². The number of carbonyl (C=O) groups is 3. The lowest BCUT2D eigenvalue weighted by Gasteiger charge is -2.36. The SMILES string of the molecule is CCCCNC(=O)C(c1ccc(C)cc1)N(C(=O)CNC(=O)OC(C)(C)C)C(C)CCC(C)C. The fourth-order valence-electron chi connectivity index (χ4n) is 3.58. The third-order valence-electron chi connectivity index (χ3n) is 5.46. The lowest BCUT2D eigenvalue weighted by atomic mass is 9.97. The first-order chi connectivity index (χ1) is 15.9. The summed E-state index contributed by atoms with van der Waals surface area (Å²) in [7, 11) is 0. The number of hydrogen-bond acceptors (Lipinski definition) is 4. The van der Waals surface area contributed by atoms with Crippen molar-refractivity contribution in [1.29, 1.82) is 0 Å². The summed E-state index contributed by atoms with van der Waals surface area (Å²) < 4.78 is 5.28. The highest BCUT2D eigenvalue weighted by molar-refractivity contribution is 5.90. The molecule has 34 heavy (non-hydrogen) atoms. The van der Waals surface area contributed by atoms with Gasteiger partial charge in [-0.3, -0.25) is 9.59 Å². The Balaban J connectivity index is 3.26. The molecule has 0 saturated carbocycles. The van der Waals surface area contributed by atoms with Crippen molar-refractivity contribution in [2.24, 2.45) is 5.92 Å². The summed E-state index contributed by atoms with van der Waals surface area (Å²) >= 11 is 0. The van der Waals surface area contributed by atoms with E-state index in [0.717, 1.165) is 36.8 Å². The van der Waals surface area contributed by atoms with Crippen molar-refractivity contribution in [3.05, 3.63) is 35.4 Å². The molecule has 2 N–H and O–H groups in total. The van der Waals surface area contributed by atoms with Crippen LogP contribution >= 0.6 is 0 Å². The minimum atomic E-state index is -0.785. The van der Waals surface area contributed by atoms with E-state index in [1.54, 1.807) is 25.7 Å². The van der Waals surface area contributed by atoms with Gasteiger partial charge in [0, 0.05) is 12.6 Å². The first-order valence-electron chi connectivity index (χ1n) is 12.5. The van der Waals surface area contributed by atoms with Gasteiger partial charge in [0.1, 0.15) is 18.2 Å². The average molecular weight is 476 g/mol. The molecule has 7 heteroatoms. The van der Waals surface area contributed by atoms with Gasteiger partial charge in [-0.1, -0.05) is 57.0 Å². The Morgan fingerprint density at radius 1 is 1.00 bits per heavy atom. The summed E-state index contributed by atoms with van der Waals surface area (Å²) in [5, 5.41) is 5.56. The van der Waals surface area contributed by atoms with Gasteiger partial charge in [0.05, 0.1) is 0 Å². The first-order valence-corrected chi connectivity index (χ1v) is 12.5. The van der Waals surface area contributed by atoms with Gasteiger partial charge in [-0.25, -0.2) is 4.79 Å². The highest BCUT2D eigenvalue weighted by atomic mass is 16.6. The molecule has 0 aromatic heterocycles. The molecule has 2 unspecified atom stereocenters. The van der Waals surface area contributed by atoms with E-state index in [-0.39, 0.29) is 24.4 Å². The van der Waals surface area contributed by atoms with E-state index in [9.17, 15) is 14.4 Å². The van der Waals surface area contributed by atoms with E-state index in [4.69, 9.17) is 4.74 Å². The Hall–Kier alpha value is -2.57. The average Bonchev–Trinajstić information content (AvgIpc) is 2.73. The summed E-state index contributed by atoms with van der Waals surface area (Å²) in [5.74, 6) is -0.0619. The third kappa shape index (κ3) is 10.6. The van der Waals surface area contributed by atoms with E-state index in [2.05, 4.69) is 31.4 Å². The van der Waals surface area contributed by atoms with Gasteiger partial charge >= 0.3 is 6.09 Å². The fourth-order valence-corrected chi connectivity index (χ4v) is 3.58. The minimum absolute atomic E-state index is 0.196. The number of benzene rings is 1. The minimum Gasteiger partial charge on any atom is -0.444 e. The highest BCUT2D eigenvalue weighted by Crippen LogP contribution is 2.27. The lowest BCUT2D eigenvalue weighted by molar-refractivity contribution is -0.142. The van der Waals surface area contributed by atoms with E-state index in [0.29, 0.717) is 12.5 Å². The van der Waals surface area contributed by atoms with Crippen LogP contribution in [0.5, 0.6) is 0 Å². The molecule has 192 valence electrons. The van der Waals surface area contributed by atoms with Crippen LogP contribution in [0.15, 0.2) is 24.3 Å². The number of amides is 3. The smallest absolute Gasteiger partial charge is 0.408 e. The van der Waals surface area contributed by atoms with Crippen molar-refractivity contribution in [3.63, 3.8) is 0 Å². The molecule has 0 bridgehead atoms. The van der Waals surface area contributed by atoms with Crippen molar-refractivity contribution in [1.82, 2.24) is 15.5 Å². The first kappa shape index (κ1) is 29.5. The molecule has 1 aromatic rings. The maximum atomic E-state index is 13.5. The second-order valence-electron chi connectivity index (χ2n) is 10.4. The predicted molar refractivity (Wildman–Crippen MR) is 136 cm³/mol. The van der Waals surface area contributed by atoms with Crippen LogP contribution in [0.25, 0.3) is 0 Å². The predicted octanol–water partition coefficient (Wildman–Crippen LogP) is 5.13. The summed E-state index contributed by atoms with van der Waals surface area (Å²) in [6.45, 7) is 15.9. The highest BCUT2D eigenvalue weighted by Gasteiger charge is 2.34. The van der Waals surface area contributed by atoms with Crippen LogP contribution in [0.4, 0.5) is 4.79 Å². The van der Waals surface area contributed by atoms with Gasteiger partial charge in [-0.15, -0.1) is 0 Å². The van der Waals surface area contributed by atoms with Crippen molar-refractivity contribution < 1.29 is 19.1 Å². The Morgan fingerprint density at radius 2 is 1.62 bits per heavy atom. The van der Waals surface area contributed by atoms with Crippen LogP contribution in [0.2, 0.25) is 0 Å². The molecule has 0 spiro atoms. The van der Waals surface area contributed by atoms with Gasteiger partial charge in [0.25, 0.3) is 0 Å². The van der Waals surface area contributed by atoms with Crippen molar-refractivity contribution in [3.8, 4) is 0 Å². The number of nitrogens with zero attached hydrogens (tertiary/aromatic N) is 1. The monoisotopic (exact) mass is 475 g/mol. The quantitative estimate of drug-likeness (QED) is 0.410. The molecule has 0 radical (unpaired) electrons. The molecule has 0 aliphatic carbocycles. The van der Waals surface area contributed by atoms with Gasteiger partial charge < -0.3 is 20.3 Å². The summed E-state index contributed by atoms with van der Waals surface area (Å²) in [6, 6.07) is 6.71. The zero-order valence-electron chi connectivity index (χ0n) is 22.4. The Kier molecular flexibility index (Phi) is 12.1. The molecule has 0 fully saturated rings. The molecule has 0 saturated heterocycles. The molecule has 0 heterocycles. The van der Waals surface area contributed by atoms with Crippen molar-refractivity contribution in [2.75, 3.05) is 13.1 Å². The van der Waals surface area contributed by atoms with Crippen molar-refractivity contribution >= 4 is 17.9 Å². The van der Waals surface area contributed by atoms with Gasteiger partial charge in [0.15, 0.2) is 0 Å². The number of unbranched alkanes of at least 4 members (excludes halogenated alkanes) is 1. The molecule has 1 aromatic carbocycles. The molecule has 0 aliphatic rings. The van der Waals surface area contributed by atoms with Crippen LogP contribution in [0.1, 0.15) is 91.3 Å². The number of aryl methyl sites for hydroxylation is 1. The second kappa shape index (κ2) is 14.0. The number of carbonyl (C=O) groups excluding carboxylic acids is 3. The van der Waals surface area contributed by atoms with Crippen LogP contribution in [0.3, 0.4) is 0 Å². The normalized spacial score (nSPS) is 13.2. The van der Waals surface area contributed by atoms with Gasteiger partial charge in [0.2, 0.25) is 11.8 Å². The topological polar surface area (TPSA) is 87.7 Å². The molecule has 0 aliphatic heterocycles. The summed E-state index contributed by atoms with van der Waals surface area (Å²) in [5.41, 5.74) is 1.16. The van der Waals surface area contributed by atoms with Crippen molar-refractivity contribution in [2.45, 2.75) is 98.8 Å². The molecule has 2 atom stereocenters. The number of rotatable bonds is 12. The van der Waals surface area contributed by atoms with Crippen LogP contribution in [-0.4, -0.2) is 47.5 Å². The Morgan fingerprint density at radius 3 is 2.15 bits per heavy atom. The molecular formula is C27H45N3O4. The molecule has 3 amide bonds. The van der Waals surface area contributed by atoms with E-state index in [1.165, 1.54) is 0 Å². The maximum Gasteiger partial charge on any atom is 0.408 e. The number of alkyl carbamates (subject to hydrolysis) is 1. The summed E-state index contributed by atoms with van der Waals surface area (Å²) in [6.07, 6.45) is 2.84. The number of hydrogen-bond donors (Lipinski definition) is 2.